The van der Waals surface area contributed by atoms with Crippen molar-refractivity contribution in [2.24, 2.45) is 10.9 Å². The van der Waals surface area contributed by atoms with Crippen LogP contribution in [0, 0.1) is 0 Å². The predicted octanol–water partition coefficient (Wildman–Crippen LogP) is -0.987. The van der Waals surface area contributed by atoms with E-state index in [9.17, 15) is 13.2 Å². The molecule has 0 saturated carbocycles. The molecule has 8 heteroatoms. The Morgan fingerprint density at radius 2 is 1.88 bits per heavy atom. The Morgan fingerprint density at radius 1 is 1.44 bits per heavy atom. The van der Waals surface area contributed by atoms with Crippen molar-refractivity contribution in [3.05, 3.63) is 0 Å². The minimum atomic E-state index is -3.45. The van der Waals surface area contributed by atoms with Crippen LogP contribution in [0.15, 0.2) is 5.16 Å². The molecule has 0 spiro atoms. The summed E-state index contributed by atoms with van der Waals surface area (Å²) in [7, 11) is -2.05. The van der Waals surface area contributed by atoms with Gasteiger partial charge in [0, 0.05) is 13.3 Å². The molecule has 0 aromatic carbocycles. The Kier molecular flexibility index (Phi) is 4.73. The van der Waals surface area contributed by atoms with E-state index in [2.05, 4.69) is 5.16 Å². The van der Waals surface area contributed by atoms with Crippen LogP contribution in [0.1, 0.15) is 13.8 Å². The molecule has 0 saturated heterocycles. The van der Waals surface area contributed by atoms with Crippen molar-refractivity contribution in [1.82, 2.24) is 4.90 Å². The molecule has 2 unspecified atom stereocenters. The molecule has 94 valence electrons. The Bertz CT molecular complexity index is 390. The summed E-state index contributed by atoms with van der Waals surface area (Å²) in [5, 5.41) is 10.1. The first-order valence-electron chi connectivity index (χ1n) is 4.55. The van der Waals surface area contributed by atoms with E-state index in [0.717, 1.165) is 11.2 Å². The van der Waals surface area contributed by atoms with E-state index in [4.69, 9.17) is 10.9 Å². The highest BCUT2D eigenvalue weighted by atomic mass is 32.2. The number of carbonyl (C=O) groups excluding carboxylic acids is 1. The normalized spacial score (nSPS) is 16.6. The molecule has 0 radical (unpaired) electrons. The molecule has 0 aromatic heterocycles. The first-order chi connectivity index (χ1) is 7.12. The Labute approximate surface area is 94.8 Å². The molecule has 0 aliphatic carbocycles. The average molecular weight is 251 g/mol. The number of oxime groups is 1. The Balaban J connectivity index is 4.89. The minimum absolute atomic E-state index is 0.156. The predicted molar refractivity (Wildman–Crippen MR) is 59.9 cm³/mol. The van der Waals surface area contributed by atoms with Crippen LogP contribution in [0.2, 0.25) is 0 Å². The first kappa shape index (κ1) is 14.7. The lowest BCUT2D eigenvalue weighted by molar-refractivity contribution is -0.129. The molecule has 0 aliphatic rings. The third-order valence-electron chi connectivity index (χ3n) is 2.46. The van der Waals surface area contributed by atoms with Crippen LogP contribution in [0.4, 0.5) is 0 Å². The highest BCUT2D eigenvalue weighted by Crippen LogP contribution is 2.06. The van der Waals surface area contributed by atoms with Crippen molar-refractivity contribution in [3.63, 3.8) is 0 Å². The quantitative estimate of drug-likeness (QED) is 0.288. The van der Waals surface area contributed by atoms with Crippen molar-refractivity contribution < 1.29 is 18.4 Å². The number of hydrogen-bond donors (Lipinski definition) is 2. The van der Waals surface area contributed by atoms with Gasteiger partial charge in [-0.05, 0) is 13.8 Å². The average Bonchev–Trinajstić information content (AvgIpc) is 2.22. The first-order valence-corrected chi connectivity index (χ1v) is 6.51. The highest BCUT2D eigenvalue weighted by Gasteiger charge is 2.29. The summed E-state index contributed by atoms with van der Waals surface area (Å²) < 4.78 is 22.4. The van der Waals surface area contributed by atoms with Crippen LogP contribution in [0.5, 0.6) is 0 Å². The summed E-state index contributed by atoms with van der Waals surface area (Å²) in [5.74, 6) is -0.752. The number of amides is 1. The van der Waals surface area contributed by atoms with Gasteiger partial charge < -0.3 is 15.8 Å². The van der Waals surface area contributed by atoms with E-state index < -0.39 is 27.0 Å². The number of nitrogens with zero attached hydrogens (tertiary/aromatic N) is 2. The molecule has 0 heterocycles. The Hall–Kier alpha value is -1.31. The van der Waals surface area contributed by atoms with E-state index in [1.807, 2.05) is 0 Å². The van der Waals surface area contributed by atoms with Crippen molar-refractivity contribution in [3.8, 4) is 0 Å². The summed E-state index contributed by atoms with van der Waals surface area (Å²) >= 11 is 0. The van der Waals surface area contributed by atoms with Crippen molar-refractivity contribution >= 4 is 21.6 Å². The lowest BCUT2D eigenvalue weighted by atomic mass is 10.2. The summed E-state index contributed by atoms with van der Waals surface area (Å²) in [4.78, 5) is 12.8. The van der Waals surface area contributed by atoms with Crippen LogP contribution in [0.25, 0.3) is 0 Å². The fourth-order valence-electron chi connectivity index (χ4n) is 0.943. The summed E-state index contributed by atoms with van der Waals surface area (Å²) in [6, 6.07) is -0.665. The monoisotopic (exact) mass is 251 g/mol. The Morgan fingerprint density at radius 3 is 2.19 bits per heavy atom. The van der Waals surface area contributed by atoms with Crippen molar-refractivity contribution in [2.75, 3.05) is 13.3 Å². The topological polar surface area (TPSA) is 113 Å². The molecular formula is C8H17N3O4S. The van der Waals surface area contributed by atoms with E-state index in [0.29, 0.717) is 0 Å². The number of likely N-dealkylation sites (N-methyl/N-ethyl adjacent to an activating group) is 1. The van der Waals surface area contributed by atoms with Gasteiger partial charge in [-0.3, -0.25) is 4.79 Å². The van der Waals surface area contributed by atoms with Gasteiger partial charge >= 0.3 is 0 Å². The van der Waals surface area contributed by atoms with Crippen LogP contribution in [0.3, 0.4) is 0 Å². The molecule has 2 atom stereocenters. The maximum Gasteiger partial charge on any atom is 0.240 e. The summed E-state index contributed by atoms with van der Waals surface area (Å²) in [6.45, 7) is 2.83. The summed E-state index contributed by atoms with van der Waals surface area (Å²) in [6.07, 6.45) is 0.984. The SMILES string of the molecule is CC(C(N)=NO)N(C)C(=O)C(C)S(C)(=O)=O. The molecule has 7 nitrogen and oxygen atoms in total. The third-order valence-corrected chi connectivity index (χ3v) is 3.95. The molecule has 0 aromatic rings. The van der Waals surface area contributed by atoms with Gasteiger partial charge in [-0.15, -0.1) is 0 Å². The second-order valence-electron chi connectivity index (χ2n) is 3.62. The van der Waals surface area contributed by atoms with Gasteiger partial charge in [0.1, 0.15) is 5.25 Å². The zero-order valence-electron chi connectivity index (χ0n) is 9.71. The molecule has 0 fully saturated rings. The molecule has 3 N–H and O–H groups in total. The minimum Gasteiger partial charge on any atom is -0.409 e. The van der Waals surface area contributed by atoms with Gasteiger partial charge in [0.15, 0.2) is 15.7 Å². The maximum atomic E-state index is 11.7. The van der Waals surface area contributed by atoms with Crippen LogP contribution in [-0.4, -0.2) is 54.9 Å². The van der Waals surface area contributed by atoms with Gasteiger partial charge in [0.05, 0.1) is 6.04 Å². The standard InChI is InChI=1S/C8H17N3O4S/c1-5(7(9)10-13)11(3)8(12)6(2)16(4,14)15/h5-6,13H,1-4H3,(H2,9,10). The maximum absolute atomic E-state index is 11.7. The second kappa shape index (κ2) is 5.15. The number of carbonyl (C=O) groups is 1. The zero-order valence-corrected chi connectivity index (χ0v) is 10.5. The van der Waals surface area contributed by atoms with Crippen LogP contribution in [-0.2, 0) is 14.6 Å². The van der Waals surface area contributed by atoms with Crippen LogP contribution >= 0.6 is 0 Å². The molecule has 16 heavy (non-hydrogen) atoms. The van der Waals surface area contributed by atoms with Gasteiger partial charge in [0.2, 0.25) is 5.91 Å². The number of amidine groups is 1. The number of nitrogens with two attached hydrogens (primary N) is 1. The van der Waals surface area contributed by atoms with Crippen molar-refractivity contribution in [2.45, 2.75) is 25.1 Å². The fraction of sp³-hybridized carbons (Fsp3) is 0.750. The van der Waals surface area contributed by atoms with Gasteiger partial charge in [-0.2, -0.15) is 0 Å². The number of sulfone groups is 1. The third kappa shape index (κ3) is 3.37. The van der Waals surface area contributed by atoms with E-state index in [-0.39, 0.29) is 5.84 Å². The van der Waals surface area contributed by atoms with Gasteiger partial charge in [-0.1, -0.05) is 5.16 Å². The van der Waals surface area contributed by atoms with E-state index >= 15 is 0 Å². The molecule has 1 amide bonds. The number of rotatable bonds is 4. The lowest BCUT2D eigenvalue weighted by Gasteiger charge is -2.25. The fourth-order valence-corrected chi connectivity index (χ4v) is 1.48. The van der Waals surface area contributed by atoms with Gasteiger partial charge in [-0.25, -0.2) is 8.42 Å². The highest BCUT2D eigenvalue weighted by molar-refractivity contribution is 7.92. The number of hydrogen-bond acceptors (Lipinski definition) is 5. The largest absolute Gasteiger partial charge is 0.409 e. The van der Waals surface area contributed by atoms with Crippen molar-refractivity contribution in [1.29, 1.82) is 0 Å². The second-order valence-corrected chi connectivity index (χ2v) is 5.99. The zero-order chi connectivity index (χ0) is 13.1. The smallest absolute Gasteiger partial charge is 0.240 e. The molecule has 0 aliphatic heterocycles. The van der Waals surface area contributed by atoms with E-state index in [1.165, 1.54) is 20.9 Å². The lowest BCUT2D eigenvalue weighted by Crippen LogP contribution is -2.48. The van der Waals surface area contributed by atoms with E-state index in [1.54, 1.807) is 0 Å². The molecule has 0 rings (SSSR count). The molecular weight excluding hydrogens is 234 g/mol. The summed E-state index contributed by atoms with van der Waals surface area (Å²) in [5.41, 5.74) is 5.32. The van der Waals surface area contributed by atoms with Gasteiger partial charge in [0.25, 0.3) is 0 Å². The molecule has 0 bridgehead atoms. The van der Waals surface area contributed by atoms with Crippen LogP contribution < -0.4 is 5.73 Å².